The lowest BCUT2D eigenvalue weighted by Gasteiger charge is -2.20. The van der Waals surface area contributed by atoms with Crippen LogP contribution < -0.4 is 5.32 Å². The average Bonchev–Trinajstić information content (AvgIpc) is 2.47. The molecule has 0 radical (unpaired) electrons. The smallest absolute Gasteiger partial charge is 0.263 e. The molecule has 0 bridgehead atoms. The minimum Gasteiger partial charge on any atom is -0.307 e. The van der Waals surface area contributed by atoms with Gasteiger partial charge in [0.25, 0.3) is 5.91 Å². The Balaban J connectivity index is 2.15. The summed E-state index contributed by atoms with van der Waals surface area (Å²) in [6.07, 6.45) is 4.55. The number of carbonyl (C=O) groups excluding carboxylic acids is 1. The summed E-state index contributed by atoms with van der Waals surface area (Å²) in [4.78, 5) is 12.4. The largest absolute Gasteiger partial charge is 0.307 e. The molecule has 76 valence electrons. The summed E-state index contributed by atoms with van der Waals surface area (Å²) in [5.74, 6) is 0.824. The minimum atomic E-state index is 0.0181. The van der Waals surface area contributed by atoms with Crippen LogP contribution in [0.25, 0.3) is 0 Å². The van der Waals surface area contributed by atoms with Gasteiger partial charge in [-0.25, -0.2) is 0 Å². The van der Waals surface area contributed by atoms with Crippen molar-refractivity contribution in [3.05, 3.63) is 10.5 Å². The van der Waals surface area contributed by atoms with Crippen molar-refractivity contribution in [1.82, 2.24) is 5.32 Å². The van der Waals surface area contributed by atoms with Crippen LogP contribution >= 0.6 is 24.0 Å². The van der Waals surface area contributed by atoms with Gasteiger partial charge in [-0.1, -0.05) is 36.5 Å². The van der Waals surface area contributed by atoms with E-state index in [2.05, 4.69) is 12.2 Å². The predicted octanol–water partition coefficient (Wildman–Crippen LogP) is 2.60. The van der Waals surface area contributed by atoms with Gasteiger partial charge in [-0.2, -0.15) is 0 Å². The molecule has 2 nitrogen and oxygen atoms in total. The van der Waals surface area contributed by atoms with Crippen LogP contribution in [0.15, 0.2) is 10.5 Å². The zero-order valence-electron chi connectivity index (χ0n) is 8.13. The summed E-state index contributed by atoms with van der Waals surface area (Å²) in [6, 6.07) is 0. The molecular formula is C10H13NOS2. The van der Waals surface area contributed by atoms with Crippen molar-refractivity contribution in [2.24, 2.45) is 5.92 Å². The fourth-order valence-electron chi connectivity index (χ4n) is 1.88. The standard InChI is InChI=1S/C10H13NOS2/c1-6-2-4-7(5-3-6)8-9(12)11-10(13)14-8/h6H,2-5H2,1H3,(H,11,12,13). The van der Waals surface area contributed by atoms with E-state index in [1.54, 1.807) is 0 Å². The maximum Gasteiger partial charge on any atom is 0.263 e. The molecule has 0 atom stereocenters. The molecule has 1 saturated carbocycles. The Morgan fingerprint density at radius 3 is 2.57 bits per heavy atom. The zero-order valence-corrected chi connectivity index (χ0v) is 9.76. The number of nitrogens with one attached hydrogen (secondary N) is 1. The van der Waals surface area contributed by atoms with Crippen molar-refractivity contribution in [2.45, 2.75) is 32.6 Å². The first-order valence-corrected chi connectivity index (χ1v) is 6.14. The molecular weight excluding hydrogens is 214 g/mol. The molecule has 0 aromatic heterocycles. The van der Waals surface area contributed by atoms with E-state index >= 15 is 0 Å². The highest BCUT2D eigenvalue weighted by Crippen LogP contribution is 2.36. The van der Waals surface area contributed by atoms with Crippen LogP contribution in [-0.4, -0.2) is 10.2 Å². The van der Waals surface area contributed by atoms with E-state index in [1.165, 1.54) is 30.2 Å². The Morgan fingerprint density at radius 2 is 2.07 bits per heavy atom. The molecule has 1 aliphatic heterocycles. The SMILES string of the molecule is CC1CCC(=C2SC(=S)NC2=O)CC1. The number of thiocarbonyl (C=S) groups is 1. The number of allylic oxidation sites excluding steroid dienone is 1. The van der Waals surface area contributed by atoms with Gasteiger partial charge >= 0.3 is 0 Å². The van der Waals surface area contributed by atoms with E-state index in [4.69, 9.17) is 12.2 Å². The zero-order chi connectivity index (χ0) is 10.1. The lowest BCUT2D eigenvalue weighted by molar-refractivity contribution is -0.115. The molecule has 2 aliphatic rings. The first-order valence-electron chi connectivity index (χ1n) is 4.92. The highest BCUT2D eigenvalue weighted by Gasteiger charge is 2.27. The van der Waals surface area contributed by atoms with Crippen molar-refractivity contribution in [3.63, 3.8) is 0 Å². The van der Waals surface area contributed by atoms with E-state index < -0.39 is 0 Å². The van der Waals surface area contributed by atoms with Crippen molar-refractivity contribution in [2.75, 3.05) is 0 Å². The van der Waals surface area contributed by atoms with Crippen LogP contribution in [0.2, 0.25) is 0 Å². The summed E-state index contributed by atoms with van der Waals surface area (Å²) < 4.78 is 0.608. The first-order chi connectivity index (χ1) is 6.66. The number of amides is 1. The molecule has 0 unspecified atom stereocenters. The van der Waals surface area contributed by atoms with Gasteiger partial charge in [0.05, 0.1) is 4.91 Å². The molecule has 1 N–H and O–H groups in total. The summed E-state index contributed by atoms with van der Waals surface area (Å²) in [5.41, 5.74) is 1.31. The van der Waals surface area contributed by atoms with Crippen LogP contribution in [0.4, 0.5) is 0 Å². The molecule has 0 spiro atoms. The van der Waals surface area contributed by atoms with Crippen molar-refractivity contribution < 1.29 is 4.79 Å². The third kappa shape index (κ3) is 2.01. The maximum absolute atomic E-state index is 11.5. The second-order valence-electron chi connectivity index (χ2n) is 3.96. The number of hydrogen-bond acceptors (Lipinski definition) is 3. The van der Waals surface area contributed by atoms with Crippen molar-refractivity contribution >= 4 is 34.2 Å². The molecule has 1 saturated heterocycles. The Labute approximate surface area is 93.5 Å². The second kappa shape index (κ2) is 4.03. The Bertz CT molecular complexity index is 312. The molecule has 2 fully saturated rings. The Morgan fingerprint density at radius 1 is 1.43 bits per heavy atom. The third-order valence-electron chi connectivity index (χ3n) is 2.82. The average molecular weight is 227 g/mol. The molecule has 1 amide bonds. The number of thioether (sulfide) groups is 1. The topological polar surface area (TPSA) is 29.1 Å². The number of rotatable bonds is 0. The Kier molecular flexibility index (Phi) is 2.93. The fourth-order valence-corrected chi connectivity index (χ4v) is 3.05. The van der Waals surface area contributed by atoms with Crippen molar-refractivity contribution in [1.29, 1.82) is 0 Å². The maximum atomic E-state index is 11.5. The first kappa shape index (κ1) is 10.2. The van der Waals surface area contributed by atoms with Gasteiger partial charge in [0, 0.05) is 0 Å². The molecule has 0 aromatic carbocycles. The minimum absolute atomic E-state index is 0.0181. The third-order valence-corrected chi connectivity index (χ3v) is 4.13. The quantitative estimate of drug-likeness (QED) is 0.509. The van der Waals surface area contributed by atoms with Crippen LogP contribution in [0.1, 0.15) is 32.6 Å². The highest BCUT2D eigenvalue weighted by molar-refractivity contribution is 8.26. The van der Waals surface area contributed by atoms with Gasteiger partial charge in [0.1, 0.15) is 4.32 Å². The number of hydrogen-bond donors (Lipinski definition) is 1. The van der Waals surface area contributed by atoms with Crippen LogP contribution in [-0.2, 0) is 4.79 Å². The molecule has 4 heteroatoms. The fraction of sp³-hybridized carbons (Fsp3) is 0.600. The molecule has 14 heavy (non-hydrogen) atoms. The summed E-state index contributed by atoms with van der Waals surface area (Å²) in [5, 5.41) is 2.67. The predicted molar refractivity (Wildman–Crippen MR) is 63.0 cm³/mol. The van der Waals surface area contributed by atoms with Gasteiger partial charge < -0.3 is 5.32 Å². The highest BCUT2D eigenvalue weighted by atomic mass is 32.2. The van der Waals surface area contributed by atoms with E-state index in [1.807, 2.05) is 0 Å². The summed E-state index contributed by atoms with van der Waals surface area (Å²) >= 11 is 6.39. The lowest BCUT2D eigenvalue weighted by Crippen LogP contribution is -2.19. The monoisotopic (exact) mass is 227 g/mol. The summed E-state index contributed by atoms with van der Waals surface area (Å²) in [7, 11) is 0. The normalized spacial score (nSPS) is 28.2. The molecule has 1 aliphatic carbocycles. The second-order valence-corrected chi connectivity index (χ2v) is 5.65. The van der Waals surface area contributed by atoms with Crippen LogP contribution in [0.3, 0.4) is 0 Å². The van der Waals surface area contributed by atoms with Gasteiger partial charge in [0.15, 0.2) is 0 Å². The molecule has 2 rings (SSSR count). The molecule has 0 aromatic rings. The van der Waals surface area contributed by atoms with Crippen molar-refractivity contribution in [3.8, 4) is 0 Å². The van der Waals surface area contributed by atoms with Crippen LogP contribution in [0.5, 0.6) is 0 Å². The molecule has 1 heterocycles. The van der Waals surface area contributed by atoms with E-state index in [-0.39, 0.29) is 5.91 Å². The van der Waals surface area contributed by atoms with E-state index in [0.29, 0.717) is 4.32 Å². The van der Waals surface area contributed by atoms with Gasteiger partial charge in [-0.05, 0) is 31.6 Å². The van der Waals surface area contributed by atoms with E-state index in [9.17, 15) is 4.79 Å². The van der Waals surface area contributed by atoms with Gasteiger partial charge in [-0.3, -0.25) is 4.79 Å². The Hall–Kier alpha value is -0.350. The lowest BCUT2D eigenvalue weighted by atomic mass is 9.87. The van der Waals surface area contributed by atoms with Gasteiger partial charge in [-0.15, -0.1) is 0 Å². The van der Waals surface area contributed by atoms with E-state index in [0.717, 1.165) is 23.7 Å². The van der Waals surface area contributed by atoms with Gasteiger partial charge in [0.2, 0.25) is 0 Å². The van der Waals surface area contributed by atoms with Crippen LogP contribution in [0, 0.1) is 5.92 Å². The summed E-state index contributed by atoms with van der Waals surface area (Å²) in [6.45, 7) is 2.27. The number of carbonyl (C=O) groups is 1.